The van der Waals surface area contributed by atoms with Gasteiger partial charge in [-0.05, 0) is 55.6 Å². The van der Waals surface area contributed by atoms with Crippen LogP contribution in [-0.2, 0) is 6.42 Å². The molecule has 0 spiro atoms. The third-order valence-electron chi connectivity index (χ3n) is 5.54. The molecule has 2 heterocycles. The van der Waals surface area contributed by atoms with E-state index >= 15 is 0 Å². The summed E-state index contributed by atoms with van der Waals surface area (Å²) < 4.78 is 5.69. The summed E-state index contributed by atoms with van der Waals surface area (Å²) in [5, 5.41) is 14.1. The van der Waals surface area contributed by atoms with Gasteiger partial charge in [-0.3, -0.25) is 4.98 Å². The van der Waals surface area contributed by atoms with Gasteiger partial charge in [-0.1, -0.05) is 36.4 Å². The van der Waals surface area contributed by atoms with Crippen molar-refractivity contribution in [1.29, 1.82) is 5.26 Å². The Bertz CT molecular complexity index is 983. The van der Waals surface area contributed by atoms with E-state index in [-0.39, 0.29) is 5.41 Å². The number of nitriles is 1. The van der Waals surface area contributed by atoms with Crippen LogP contribution in [0.5, 0.6) is 5.75 Å². The predicted octanol–water partition coefficient (Wildman–Crippen LogP) is 4.35. The highest BCUT2D eigenvalue weighted by Gasteiger charge is 2.32. The van der Waals surface area contributed by atoms with Crippen molar-refractivity contribution in [2.75, 3.05) is 20.2 Å². The molecule has 1 fully saturated rings. The molecular weight excluding hydrogens is 334 g/mol. The Kier molecular flexibility index (Phi) is 4.79. The van der Waals surface area contributed by atoms with Crippen molar-refractivity contribution in [3.63, 3.8) is 0 Å². The van der Waals surface area contributed by atoms with Gasteiger partial charge in [0.05, 0.1) is 18.6 Å². The molecule has 0 amide bonds. The number of methoxy groups -OCH3 is 1. The van der Waals surface area contributed by atoms with Crippen molar-refractivity contribution in [2.45, 2.75) is 19.3 Å². The van der Waals surface area contributed by atoms with Crippen LogP contribution in [0.25, 0.3) is 22.0 Å². The summed E-state index contributed by atoms with van der Waals surface area (Å²) in [5.74, 6) is 0.799. The van der Waals surface area contributed by atoms with E-state index in [0.717, 1.165) is 60.1 Å². The molecule has 2 aromatic carbocycles. The molecule has 1 saturated heterocycles. The number of nitrogens with one attached hydrogen (secondary N) is 1. The fraction of sp³-hybridized carbons (Fsp3) is 0.304. The van der Waals surface area contributed by atoms with Gasteiger partial charge in [0.15, 0.2) is 5.75 Å². The Balaban J connectivity index is 1.65. The number of piperidine rings is 1. The second-order valence-electron chi connectivity index (χ2n) is 7.24. The van der Waals surface area contributed by atoms with Gasteiger partial charge in [0.1, 0.15) is 5.52 Å². The van der Waals surface area contributed by atoms with Gasteiger partial charge in [-0.2, -0.15) is 5.26 Å². The van der Waals surface area contributed by atoms with Crippen LogP contribution in [0.2, 0.25) is 0 Å². The van der Waals surface area contributed by atoms with Crippen molar-refractivity contribution in [2.24, 2.45) is 5.41 Å². The summed E-state index contributed by atoms with van der Waals surface area (Å²) in [6.45, 7) is 1.85. The summed E-state index contributed by atoms with van der Waals surface area (Å²) in [4.78, 5) is 4.49. The van der Waals surface area contributed by atoms with Crippen LogP contribution >= 0.6 is 0 Å². The van der Waals surface area contributed by atoms with E-state index in [0.29, 0.717) is 0 Å². The lowest BCUT2D eigenvalue weighted by atomic mass is 9.75. The van der Waals surface area contributed by atoms with Gasteiger partial charge in [0, 0.05) is 17.1 Å². The predicted molar refractivity (Wildman–Crippen MR) is 108 cm³/mol. The van der Waals surface area contributed by atoms with Gasteiger partial charge < -0.3 is 10.1 Å². The summed E-state index contributed by atoms with van der Waals surface area (Å²) >= 11 is 0. The third kappa shape index (κ3) is 3.39. The van der Waals surface area contributed by atoms with Gasteiger partial charge in [-0.15, -0.1) is 0 Å². The van der Waals surface area contributed by atoms with E-state index < -0.39 is 0 Å². The second-order valence-corrected chi connectivity index (χ2v) is 7.24. The molecule has 1 aliphatic rings. The number of fused-ring (bicyclic) bond motifs is 1. The molecule has 0 radical (unpaired) electrons. The van der Waals surface area contributed by atoms with Crippen LogP contribution in [0.1, 0.15) is 18.4 Å². The van der Waals surface area contributed by atoms with Gasteiger partial charge in [-0.25, -0.2) is 0 Å². The van der Waals surface area contributed by atoms with E-state index in [1.54, 1.807) is 13.3 Å². The minimum atomic E-state index is -0.239. The molecule has 3 aromatic rings. The van der Waals surface area contributed by atoms with Crippen LogP contribution in [-0.4, -0.2) is 25.2 Å². The summed E-state index contributed by atoms with van der Waals surface area (Å²) in [6.07, 6.45) is 4.42. The lowest BCUT2D eigenvalue weighted by molar-refractivity contribution is 0.280. The highest BCUT2D eigenvalue weighted by molar-refractivity contribution is 5.92. The van der Waals surface area contributed by atoms with Crippen molar-refractivity contribution in [1.82, 2.24) is 10.3 Å². The normalized spacial score (nSPS) is 16.0. The fourth-order valence-corrected chi connectivity index (χ4v) is 3.98. The standard InChI is InChI=1S/C23H23N3O/c1-27-22-20(9-8-19-3-2-12-26-21(19)22)18-6-4-17(5-7-18)15-23(16-24)10-13-25-14-11-23/h2-9,12,25H,10-11,13-15H2,1H3. The first kappa shape index (κ1) is 17.5. The van der Waals surface area contributed by atoms with Gasteiger partial charge in [0.2, 0.25) is 0 Å². The smallest absolute Gasteiger partial charge is 0.152 e. The minimum Gasteiger partial charge on any atom is -0.494 e. The fourth-order valence-electron chi connectivity index (χ4n) is 3.98. The summed E-state index contributed by atoms with van der Waals surface area (Å²) in [6, 6.07) is 19.2. The maximum absolute atomic E-state index is 9.70. The molecule has 1 aromatic heterocycles. The van der Waals surface area contributed by atoms with Crippen molar-refractivity contribution in [3.05, 3.63) is 60.3 Å². The quantitative estimate of drug-likeness (QED) is 0.754. The molecule has 27 heavy (non-hydrogen) atoms. The largest absolute Gasteiger partial charge is 0.494 e. The molecule has 0 aliphatic carbocycles. The Labute approximate surface area is 159 Å². The second kappa shape index (κ2) is 7.38. The number of hydrogen-bond donors (Lipinski definition) is 1. The summed E-state index contributed by atoms with van der Waals surface area (Å²) in [7, 11) is 1.69. The van der Waals surface area contributed by atoms with E-state index in [9.17, 15) is 5.26 Å². The molecule has 136 valence electrons. The molecule has 4 heteroatoms. The molecule has 4 rings (SSSR count). The molecule has 1 N–H and O–H groups in total. The average Bonchev–Trinajstić information content (AvgIpc) is 2.74. The third-order valence-corrected chi connectivity index (χ3v) is 5.54. The molecule has 4 nitrogen and oxygen atoms in total. The topological polar surface area (TPSA) is 57.9 Å². The van der Waals surface area contributed by atoms with Gasteiger partial charge >= 0.3 is 0 Å². The Morgan fingerprint density at radius 2 is 1.89 bits per heavy atom. The first-order valence-corrected chi connectivity index (χ1v) is 9.38. The zero-order valence-corrected chi connectivity index (χ0v) is 15.5. The number of pyridine rings is 1. The van der Waals surface area contributed by atoms with Crippen LogP contribution in [0, 0.1) is 16.7 Å². The molecular formula is C23H23N3O. The number of rotatable bonds is 4. The first-order valence-electron chi connectivity index (χ1n) is 9.38. The molecule has 0 bridgehead atoms. The number of nitrogens with zero attached hydrogens (tertiary/aromatic N) is 2. The highest BCUT2D eigenvalue weighted by atomic mass is 16.5. The van der Waals surface area contributed by atoms with E-state index in [1.807, 2.05) is 12.1 Å². The van der Waals surface area contributed by atoms with E-state index in [2.05, 4.69) is 52.8 Å². The van der Waals surface area contributed by atoms with Crippen molar-refractivity contribution < 1.29 is 4.74 Å². The average molecular weight is 357 g/mol. The van der Waals surface area contributed by atoms with Crippen LogP contribution < -0.4 is 10.1 Å². The highest BCUT2D eigenvalue weighted by Crippen LogP contribution is 2.37. The monoisotopic (exact) mass is 357 g/mol. The lowest BCUT2D eigenvalue weighted by Gasteiger charge is -2.31. The lowest BCUT2D eigenvalue weighted by Crippen LogP contribution is -2.37. The molecule has 1 aliphatic heterocycles. The van der Waals surface area contributed by atoms with Gasteiger partial charge in [0.25, 0.3) is 0 Å². The molecule has 0 atom stereocenters. The number of hydrogen-bond acceptors (Lipinski definition) is 4. The van der Waals surface area contributed by atoms with E-state index in [4.69, 9.17) is 4.74 Å². The SMILES string of the molecule is COc1c(-c2ccc(CC3(C#N)CCNCC3)cc2)ccc2cccnc12. The Hall–Kier alpha value is -2.90. The number of benzene rings is 2. The van der Waals surface area contributed by atoms with Crippen LogP contribution in [0.4, 0.5) is 0 Å². The first-order chi connectivity index (χ1) is 13.2. The number of aromatic nitrogens is 1. The maximum atomic E-state index is 9.70. The molecule has 0 unspecified atom stereocenters. The summed E-state index contributed by atoms with van der Waals surface area (Å²) in [5.41, 5.74) is 3.98. The van der Waals surface area contributed by atoms with Crippen molar-refractivity contribution in [3.8, 4) is 22.9 Å². The van der Waals surface area contributed by atoms with Crippen LogP contribution in [0.15, 0.2) is 54.7 Å². The molecule has 0 saturated carbocycles. The Morgan fingerprint density at radius 3 is 2.59 bits per heavy atom. The minimum absolute atomic E-state index is 0.239. The zero-order chi connectivity index (χ0) is 18.7. The maximum Gasteiger partial charge on any atom is 0.152 e. The zero-order valence-electron chi connectivity index (χ0n) is 15.5. The van der Waals surface area contributed by atoms with E-state index in [1.165, 1.54) is 5.56 Å². The van der Waals surface area contributed by atoms with Crippen LogP contribution in [0.3, 0.4) is 0 Å². The van der Waals surface area contributed by atoms with Crippen molar-refractivity contribution >= 4 is 10.9 Å². The Morgan fingerprint density at radius 1 is 1.11 bits per heavy atom. The number of ether oxygens (including phenoxy) is 1.